The lowest BCUT2D eigenvalue weighted by Gasteiger charge is -2.13. The fourth-order valence-electron chi connectivity index (χ4n) is 2.62. The Morgan fingerprint density at radius 2 is 1.71 bits per heavy atom. The third kappa shape index (κ3) is 2.15. The molecule has 0 spiro atoms. The van der Waals surface area contributed by atoms with Crippen LogP contribution in [0.2, 0.25) is 0 Å². The van der Waals surface area contributed by atoms with Crippen LogP contribution >= 0.6 is 0 Å². The molecule has 1 unspecified atom stereocenters. The topological polar surface area (TPSA) is 46.2 Å². The molecular formula is C18H17NO2. The quantitative estimate of drug-likeness (QED) is 0.790. The SMILES string of the molecule is CCC(C)C(=O)Nc1cccc2c1-c1ccccc1C2=O. The second-order valence-corrected chi connectivity index (χ2v) is 5.40. The molecule has 1 aliphatic carbocycles. The highest BCUT2D eigenvalue weighted by Gasteiger charge is 2.28. The van der Waals surface area contributed by atoms with Crippen molar-refractivity contribution in [3.63, 3.8) is 0 Å². The standard InChI is InChI=1S/C18H17NO2/c1-3-11(2)18(21)19-15-10-6-9-14-16(15)12-7-4-5-8-13(12)17(14)20/h4-11H,3H2,1-2H3,(H,19,21). The summed E-state index contributed by atoms with van der Waals surface area (Å²) in [5.41, 5.74) is 3.83. The van der Waals surface area contributed by atoms with E-state index in [1.807, 2.05) is 56.3 Å². The van der Waals surface area contributed by atoms with Crippen LogP contribution in [-0.4, -0.2) is 11.7 Å². The molecule has 0 radical (unpaired) electrons. The Balaban J connectivity index is 2.08. The van der Waals surface area contributed by atoms with Crippen molar-refractivity contribution in [1.82, 2.24) is 0 Å². The average molecular weight is 279 g/mol. The maximum absolute atomic E-state index is 12.4. The number of carbonyl (C=O) groups excluding carboxylic acids is 2. The first-order valence-corrected chi connectivity index (χ1v) is 7.21. The van der Waals surface area contributed by atoms with Gasteiger partial charge in [-0.15, -0.1) is 0 Å². The molecule has 0 bridgehead atoms. The van der Waals surface area contributed by atoms with E-state index in [0.717, 1.165) is 23.2 Å². The molecular weight excluding hydrogens is 262 g/mol. The highest BCUT2D eigenvalue weighted by Crippen LogP contribution is 2.41. The minimum absolute atomic E-state index is 0.0114. The summed E-state index contributed by atoms with van der Waals surface area (Å²) in [5, 5.41) is 2.96. The van der Waals surface area contributed by atoms with Crippen molar-refractivity contribution >= 4 is 17.4 Å². The molecule has 2 aromatic rings. The summed E-state index contributed by atoms with van der Waals surface area (Å²) in [6.45, 7) is 3.89. The molecule has 106 valence electrons. The minimum Gasteiger partial charge on any atom is -0.325 e. The number of nitrogens with one attached hydrogen (secondary N) is 1. The van der Waals surface area contributed by atoms with Crippen molar-refractivity contribution in [2.45, 2.75) is 20.3 Å². The second kappa shape index (κ2) is 5.17. The molecule has 3 rings (SSSR count). The van der Waals surface area contributed by atoms with E-state index < -0.39 is 0 Å². The average Bonchev–Trinajstić information content (AvgIpc) is 2.81. The monoisotopic (exact) mass is 279 g/mol. The number of rotatable bonds is 3. The van der Waals surface area contributed by atoms with Crippen LogP contribution in [0.5, 0.6) is 0 Å². The van der Waals surface area contributed by atoms with Crippen LogP contribution in [0.15, 0.2) is 42.5 Å². The minimum atomic E-state index is -0.0480. The Labute approximate surface area is 124 Å². The first-order valence-electron chi connectivity index (χ1n) is 7.21. The highest BCUT2D eigenvalue weighted by molar-refractivity contribution is 6.24. The van der Waals surface area contributed by atoms with Gasteiger partial charge in [-0.25, -0.2) is 0 Å². The number of hydrogen-bond acceptors (Lipinski definition) is 2. The van der Waals surface area contributed by atoms with E-state index in [4.69, 9.17) is 0 Å². The molecule has 1 N–H and O–H groups in total. The van der Waals surface area contributed by atoms with Gasteiger partial charge in [0.05, 0.1) is 0 Å². The Morgan fingerprint density at radius 1 is 1.05 bits per heavy atom. The number of anilines is 1. The number of benzene rings is 2. The Bertz CT molecular complexity index is 734. The first kappa shape index (κ1) is 13.6. The summed E-state index contributed by atoms with van der Waals surface area (Å²) in [5.74, 6) is -0.0313. The van der Waals surface area contributed by atoms with Crippen molar-refractivity contribution < 1.29 is 9.59 Å². The van der Waals surface area contributed by atoms with E-state index in [1.165, 1.54) is 0 Å². The molecule has 0 saturated heterocycles. The number of hydrogen-bond donors (Lipinski definition) is 1. The van der Waals surface area contributed by atoms with Crippen molar-refractivity contribution in [3.05, 3.63) is 53.6 Å². The Kier molecular flexibility index (Phi) is 3.34. The predicted octanol–water partition coefficient (Wildman–Crippen LogP) is 3.88. The van der Waals surface area contributed by atoms with Gasteiger partial charge < -0.3 is 5.32 Å². The van der Waals surface area contributed by atoms with Gasteiger partial charge in [0.25, 0.3) is 0 Å². The lowest BCUT2D eigenvalue weighted by atomic mass is 10.0. The van der Waals surface area contributed by atoms with Gasteiger partial charge in [-0.3, -0.25) is 9.59 Å². The zero-order valence-corrected chi connectivity index (χ0v) is 12.1. The zero-order valence-electron chi connectivity index (χ0n) is 12.1. The van der Waals surface area contributed by atoms with Crippen molar-refractivity contribution in [3.8, 4) is 11.1 Å². The Morgan fingerprint density at radius 3 is 2.43 bits per heavy atom. The van der Waals surface area contributed by atoms with Crippen LogP contribution in [-0.2, 0) is 4.79 Å². The molecule has 0 aliphatic heterocycles. The van der Waals surface area contributed by atoms with Crippen LogP contribution in [0.1, 0.15) is 36.2 Å². The fraction of sp³-hybridized carbons (Fsp3) is 0.222. The second-order valence-electron chi connectivity index (χ2n) is 5.40. The summed E-state index contributed by atoms with van der Waals surface area (Å²) in [6, 6.07) is 13.0. The van der Waals surface area contributed by atoms with E-state index in [0.29, 0.717) is 11.1 Å². The van der Waals surface area contributed by atoms with Gasteiger partial charge in [-0.2, -0.15) is 0 Å². The summed E-state index contributed by atoms with van der Waals surface area (Å²) in [6.07, 6.45) is 0.788. The van der Waals surface area contributed by atoms with Gasteiger partial charge >= 0.3 is 0 Å². The normalized spacial score (nSPS) is 13.5. The summed E-state index contributed by atoms with van der Waals surface area (Å²) < 4.78 is 0. The molecule has 21 heavy (non-hydrogen) atoms. The van der Waals surface area contributed by atoms with E-state index in [9.17, 15) is 9.59 Å². The summed E-state index contributed by atoms with van der Waals surface area (Å²) in [4.78, 5) is 24.5. The van der Waals surface area contributed by atoms with E-state index in [-0.39, 0.29) is 17.6 Å². The third-order valence-electron chi connectivity index (χ3n) is 4.07. The van der Waals surface area contributed by atoms with Crippen LogP contribution in [0.25, 0.3) is 11.1 Å². The van der Waals surface area contributed by atoms with Crippen LogP contribution in [0, 0.1) is 5.92 Å². The number of fused-ring (bicyclic) bond motifs is 3. The summed E-state index contributed by atoms with van der Waals surface area (Å²) >= 11 is 0. The third-order valence-corrected chi connectivity index (χ3v) is 4.07. The molecule has 1 aliphatic rings. The zero-order chi connectivity index (χ0) is 15.0. The van der Waals surface area contributed by atoms with E-state index >= 15 is 0 Å². The molecule has 0 saturated carbocycles. The first-order chi connectivity index (χ1) is 10.1. The lowest BCUT2D eigenvalue weighted by molar-refractivity contribution is -0.119. The molecule has 3 heteroatoms. The maximum atomic E-state index is 12.4. The van der Waals surface area contributed by atoms with Gasteiger partial charge in [0.15, 0.2) is 5.78 Å². The number of carbonyl (C=O) groups is 2. The molecule has 3 nitrogen and oxygen atoms in total. The van der Waals surface area contributed by atoms with Crippen molar-refractivity contribution in [1.29, 1.82) is 0 Å². The number of ketones is 1. The maximum Gasteiger partial charge on any atom is 0.227 e. The molecule has 2 aromatic carbocycles. The van der Waals surface area contributed by atoms with Gasteiger partial charge in [-0.1, -0.05) is 50.2 Å². The van der Waals surface area contributed by atoms with Crippen molar-refractivity contribution in [2.75, 3.05) is 5.32 Å². The van der Waals surface area contributed by atoms with Gasteiger partial charge in [0.1, 0.15) is 0 Å². The van der Waals surface area contributed by atoms with Gasteiger partial charge in [0, 0.05) is 28.3 Å². The van der Waals surface area contributed by atoms with Crippen LogP contribution < -0.4 is 5.32 Å². The predicted molar refractivity (Wildman–Crippen MR) is 83.4 cm³/mol. The smallest absolute Gasteiger partial charge is 0.227 e. The van der Waals surface area contributed by atoms with Crippen LogP contribution in [0.3, 0.4) is 0 Å². The Hall–Kier alpha value is -2.42. The number of amides is 1. The van der Waals surface area contributed by atoms with E-state index in [2.05, 4.69) is 5.32 Å². The van der Waals surface area contributed by atoms with E-state index in [1.54, 1.807) is 0 Å². The molecule has 0 aromatic heterocycles. The lowest BCUT2D eigenvalue weighted by Crippen LogP contribution is -2.20. The van der Waals surface area contributed by atoms with Gasteiger partial charge in [0.2, 0.25) is 5.91 Å². The van der Waals surface area contributed by atoms with Gasteiger partial charge in [-0.05, 0) is 18.1 Å². The largest absolute Gasteiger partial charge is 0.325 e. The van der Waals surface area contributed by atoms with Crippen molar-refractivity contribution in [2.24, 2.45) is 5.92 Å². The molecule has 0 heterocycles. The highest BCUT2D eigenvalue weighted by atomic mass is 16.2. The fourth-order valence-corrected chi connectivity index (χ4v) is 2.62. The molecule has 1 amide bonds. The molecule has 1 atom stereocenters. The molecule has 0 fully saturated rings. The van der Waals surface area contributed by atoms with Crippen LogP contribution in [0.4, 0.5) is 5.69 Å². The summed E-state index contributed by atoms with van der Waals surface area (Å²) in [7, 11) is 0.